The highest BCUT2D eigenvalue weighted by atomic mass is 35.5. The van der Waals surface area contributed by atoms with E-state index in [1.165, 1.54) is 18.9 Å². The molecule has 0 aliphatic rings. The number of hydrogen-bond acceptors (Lipinski definition) is 4. The van der Waals surface area contributed by atoms with Gasteiger partial charge in [0, 0.05) is 24.6 Å². The van der Waals surface area contributed by atoms with E-state index in [4.69, 9.17) is 21.1 Å². The maximum atomic E-state index is 12.3. The van der Waals surface area contributed by atoms with Gasteiger partial charge in [0.15, 0.2) is 0 Å². The van der Waals surface area contributed by atoms with E-state index in [0.29, 0.717) is 35.2 Å². The zero-order valence-electron chi connectivity index (χ0n) is 15.6. The summed E-state index contributed by atoms with van der Waals surface area (Å²) in [6, 6.07) is 12.6. The second kappa shape index (κ2) is 9.83. The van der Waals surface area contributed by atoms with Gasteiger partial charge in [-0.1, -0.05) is 23.7 Å². The molecule has 0 unspecified atom stereocenters. The van der Waals surface area contributed by atoms with E-state index in [1.807, 2.05) is 18.2 Å². The van der Waals surface area contributed by atoms with E-state index in [9.17, 15) is 9.59 Å². The van der Waals surface area contributed by atoms with Crippen molar-refractivity contribution in [1.82, 2.24) is 5.32 Å². The first-order valence-electron chi connectivity index (χ1n) is 8.46. The van der Waals surface area contributed by atoms with Gasteiger partial charge in [-0.15, -0.1) is 0 Å². The van der Waals surface area contributed by atoms with Crippen LogP contribution in [0.2, 0.25) is 5.02 Å². The molecule has 2 rings (SSSR count). The minimum atomic E-state index is -0.261. The number of rotatable bonds is 8. The summed E-state index contributed by atoms with van der Waals surface area (Å²) in [6.45, 7) is 1.75. The number of carbonyl (C=O) groups is 2. The minimum absolute atomic E-state index is 0.104. The van der Waals surface area contributed by atoms with E-state index in [-0.39, 0.29) is 18.4 Å². The van der Waals surface area contributed by atoms with Gasteiger partial charge in [0.2, 0.25) is 11.8 Å². The number of ether oxygens (including phenoxy) is 2. The number of carbonyl (C=O) groups excluding carboxylic acids is 2. The van der Waals surface area contributed by atoms with Crippen molar-refractivity contribution in [2.24, 2.45) is 0 Å². The van der Waals surface area contributed by atoms with Gasteiger partial charge in [0.1, 0.15) is 18.0 Å². The molecule has 7 heteroatoms. The third-order valence-corrected chi connectivity index (χ3v) is 4.22. The first kappa shape index (κ1) is 20.6. The lowest BCUT2D eigenvalue weighted by Crippen LogP contribution is -2.40. The molecule has 0 aromatic heterocycles. The van der Waals surface area contributed by atoms with Crippen molar-refractivity contribution in [3.8, 4) is 11.5 Å². The Kier molecular flexibility index (Phi) is 7.49. The standard InChI is InChI=1S/C20H23ClN2O4/c1-14(24)23(18-8-7-17(26-2)12-19(18)27-3)13-20(25)22-10-9-15-5-4-6-16(21)11-15/h4-8,11-12H,9-10,13H2,1-3H3,(H,22,25). The largest absolute Gasteiger partial charge is 0.497 e. The normalized spacial score (nSPS) is 10.2. The van der Waals surface area contributed by atoms with Crippen molar-refractivity contribution < 1.29 is 19.1 Å². The van der Waals surface area contributed by atoms with Crippen LogP contribution in [0.4, 0.5) is 5.69 Å². The molecule has 0 aliphatic carbocycles. The molecule has 0 atom stereocenters. The second-order valence-electron chi connectivity index (χ2n) is 5.87. The summed E-state index contributed by atoms with van der Waals surface area (Å²) in [5, 5.41) is 3.48. The monoisotopic (exact) mass is 390 g/mol. The van der Waals surface area contributed by atoms with Crippen molar-refractivity contribution in [3.05, 3.63) is 53.1 Å². The third kappa shape index (κ3) is 5.89. The van der Waals surface area contributed by atoms with E-state index in [2.05, 4.69) is 5.32 Å². The number of halogens is 1. The predicted molar refractivity (Wildman–Crippen MR) is 106 cm³/mol. The average Bonchev–Trinajstić information content (AvgIpc) is 2.65. The highest BCUT2D eigenvalue weighted by Gasteiger charge is 2.20. The van der Waals surface area contributed by atoms with Crippen LogP contribution in [0, 0.1) is 0 Å². The summed E-state index contributed by atoms with van der Waals surface area (Å²) in [5.74, 6) is 0.537. The summed E-state index contributed by atoms with van der Waals surface area (Å²) in [7, 11) is 3.05. The molecule has 0 bridgehead atoms. The molecule has 0 saturated carbocycles. The van der Waals surface area contributed by atoms with Crippen LogP contribution >= 0.6 is 11.6 Å². The third-order valence-electron chi connectivity index (χ3n) is 3.98. The van der Waals surface area contributed by atoms with Gasteiger partial charge in [-0.3, -0.25) is 14.5 Å². The van der Waals surface area contributed by atoms with Gasteiger partial charge in [0.25, 0.3) is 0 Å². The van der Waals surface area contributed by atoms with E-state index >= 15 is 0 Å². The highest BCUT2D eigenvalue weighted by Crippen LogP contribution is 2.32. The van der Waals surface area contributed by atoms with E-state index in [0.717, 1.165) is 5.56 Å². The Labute approximate surface area is 164 Å². The number of anilines is 1. The molecule has 0 spiro atoms. The second-order valence-corrected chi connectivity index (χ2v) is 6.31. The SMILES string of the molecule is COc1ccc(N(CC(=O)NCCc2cccc(Cl)c2)C(C)=O)c(OC)c1. The molecule has 1 N–H and O–H groups in total. The average molecular weight is 391 g/mol. The lowest BCUT2D eigenvalue weighted by molar-refractivity contribution is -0.123. The van der Waals surface area contributed by atoms with Crippen molar-refractivity contribution in [2.45, 2.75) is 13.3 Å². The van der Waals surface area contributed by atoms with Crippen LogP contribution in [-0.2, 0) is 16.0 Å². The quantitative estimate of drug-likeness (QED) is 0.752. The Morgan fingerprint density at radius 2 is 1.89 bits per heavy atom. The number of methoxy groups -OCH3 is 2. The van der Waals surface area contributed by atoms with Crippen LogP contribution in [0.1, 0.15) is 12.5 Å². The first-order valence-corrected chi connectivity index (χ1v) is 8.83. The van der Waals surface area contributed by atoms with Crippen molar-refractivity contribution in [1.29, 1.82) is 0 Å². The number of benzene rings is 2. The van der Waals surface area contributed by atoms with Crippen molar-refractivity contribution in [3.63, 3.8) is 0 Å². The highest BCUT2D eigenvalue weighted by molar-refractivity contribution is 6.30. The summed E-state index contributed by atoms with van der Waals surface area (Å²) in [6.07, 6.45) is 0.651. The maximum absolute atomic E-state index is 12.3. The fraction of sp³-hybridized carbons (Fsp3) is 0.300. The van der Waals surface area contributed by atoms with E-state index < -0.39 is 0 Å². The molecular weight excluding hydrogens is 368 g/mol. The Morgan fingerprint density at radius 1 is 1.11 bits per heavy atom. The van der Waals surface area contributed by atoms with Gasteiger partial charge >= 0.3 is 0 Å². The van der Waals surface area contributed by atoms with Crippen LogP contribution in [0.15, 0.2) is 42.5 Å². The number of nitrogens with one attached hydrogen (secondary N) is 1. The summed E-state index contributed by atoms with van der Waals surface area (Å²) < 4.78 is 10.5. The smallest absolute Gasteiger partial charge is 0.240 e. The Hall–Kier alpha value is -2.73. The zero-order valence-corrected chi connectivity index (χ0v) is 16.4. The van der Waals surface area contributed by atoms with Crippen LogP contribution in [0.25, 0.3) is 0 Å². The van der Waals surface area contributed by atoms with Crippen LogP contribution in [-0.4, -0.2) is 39.1 Å². The molecule has 6 nitrogen and oxygen atoms in total. The fourth-order valence-corrected chi connectivity index (χ4v) is 2.83. The number of hydrogen-bond donors (Lipinski definition) is 1. The van der Waals surface area contributed by atoms with Gasteiger partial charge in [-0.25, -0.2) is 0 Å². The van der Waals surface area contributed by atoms with Gasteiger partial charge in [-0.05, 0) is 36.2 Å². The van der Waals surface area contributed by atoms with Gasteiger partial charge in [0.05, 0.1) is 19.9 Å². The van der Waals surface area contributed by atoms with Crippen molar-refractivity contribution >= 4 is 29.1 Å². The van der Waals surface area contributed by atoms with Gasteiger partial charge < -0.3 is 14.8 Å². The molecule has 0 radical (unpaired) electrons. The maximum Gasteiger partial charge on any atom is 0.240 e. The number of nitrogens with zero attached hydrogens (tertiary/aromatic N) is 1. The zero-order chi connectivity index (χ0) is 19.8. The fourth-order valence-electron chi connectivity index (χ4n) is 2.61. The number of amides is 2. The molecule has 0 aliphatic heterocycles. The van der Waals surface area contributed by atoms with Gasteiger partial charge in [-0.2, -0.15) is 0 Å². The first-order chi connectivity index (χ1) is 12.9. The van der Waals surface area contributed by atoms with Crippen LogP contribution in [0.5, 0.6) is 11.5 Å². The summed E-state index contributed by atoms with van der Waals surface area (Å²) in [4.78, 5) is 25.8. The van der Waals surface area contributed by atoms with Crippen molar-refractivity contribution in [2.75, 3.05) is 32.2 Å². The molecule has 0 heterocycles. The van der Waals surface area contributed by atoms with Crippen LogP contribution in [0.3, 0.4) is 0 Å². The molecule has 27 heavy (non-hydrogen) atoms. The molecule has 0 saturated heterocycles. The molecule has 2 aromatic rings. The topological polar surface area (TPSA) is 67.9 Å². The van der Waals surface area contributed by atoms with E-state index in [1.54, 1.807) is 31.4 Å². The lowest BCUT2D eigenvalue weighted by atomic mass is 10.1. The molecule has 2 aromatic carbocycles. The molecular formula is C20H23ClN2O4. The Morgan fingerprint density at radius 3 is 2.52 bits per heavy atom. The van der Waals surface area contributed by atoms with Crippen LogP contribution < -0.4 is 19.7 Å². The summed E-state index contributed by atoms with van der Waals surface area (Å²) in [5.41, 5.74) is 1.54. The minimum Gasteiger partial charge on any atom is -0.497 e. The molecule has 0 fully saturated rings. The Bertz CT molecular complexity index is 810. The predicted octanol–water partition coefficient (Wildman–Crippen LogP) is 3.07. The lowest BCUT2D eigenvalue weighted by Gasteiger charge is -2.23. The molecule has 144 valence electrons. The Balaban J connectivity index is 2.01. The summed E-state index contributed by atoms with van der Waals surface area (Å²) >= 11 is 5.96. The molecule has 2 amide bonds.